The zero-order chi connectivity index (χ0) is 13.9. The monoisotopic (exact) mass is 286 g/mol. The van der Waals surface area contributed by atoms with Crippen LogP contribution in [-0.2, 0) is 11.2 Å². The van der Waals surface area contributed by atoms with Gasteiger partial charge in [-0.25, -0.2) is 4.98 Å². The summed E-state index contributed by atoms with van der Waals surface area (Å²) in [6, 6.07) is 6.28. The Bertz CT molecular complexity index is 660. The number of benzene rings is 1. The summed E-state index contributed by atoms with van der Waals surface area (Å²) in [7, 11) is 0. The quantitative estimate of drug-likeness (QED) is 0.858. The fourth-order valence-electron chi connectivity index (χ4n) is 2.52. The van der Waals surface area contributed by atoms with Gasteiger partial charge in [-0.3, -0.25) is 4.79 Å². The second-order valence-corrected chi connectivity index (χ2v) is 6.22. The van der Waals surface area contributed by atoms with Gasteiger partial charge >= 0.3 is 0 Å². The van der Waals surface area contributed by atoms with Gasteiger partial charge in [-0.05, 0) is 42.9 Å². The molecule has 1 N–H and O–H groups in total. The number of rotatable bonds is 4. The summed E-state index contributed by atoms with van der Waals surface area (Å²) >= 11 is 1.55. The molecule has 1 aromatic carbocycles. The second kappa shape index (κ2) is 5.75. The van der Waals surface area contributed by atoms with Crippen molar-refractivity contribution in [1.29, 1.82) is 0 Å². The molecule has 1 amide bonds. The highest BCUT2D eigenvalue weighted by Gasteiger charge is 2.15. The van der Waals surface area contributed by atoms with E-state index >= 15 is 0 Å². The first kappa shape index (κ1) is 13.3. The standard InChI is InChI=1S/C16H18N2OS/c1-2-11-7-8-13-14(9-11)20-16(17-13)18-15(19)10-12-5-3-4-6-12/h3,5,7-9,12H,2,4,6,10H2,1H3,(H,17,18,19). The molecule has 3 nitrogen and oxygen atoms in total. The molecule has 20 heavy (non-hydrogen) atoms. The van der Waals surface area contributed by atoms with E-state index in [2.05, 4.69) is 41.5 Å². The van der Waals surface area contributed by atoms with Gasteiger partial charge in [0.05, 0.1) is 10.2 Å². The fraction of sp³-hybridized carbons (Fsp3) is 0.375. The fourth-order valence-corrected chi connectivity index (χ4v) is 3.46. The maximum absolute atomic E-state index is 12.0. The van der Waals surface area contributed by atoms with Gasteiger partial charge < -0.3 is 5.32 Å². The first-order valence-electron chi connectivity index (χ1n) is 7.10. The normalized spacial score (nSPS) is 17.8. The number of carbonyl (C=O) groups excluding carboxylic acids is 1. The van der Waals surface area contributed by atoms with E-state index in [9.17, 15) is 4.79 Å². The van der Waals surface area contributed by atoms with Gasteiger partial charge in [-0.15, -0.1) is 0 Å². The van der Waals surface area contributed by atoms with E-state index in [1.165, 1.54) is 5.56 Å². The highest BCUT2D eigenvalue weighted by atomic mass is 32.1. The summed E-state index contributed by atoms with van der Waals surface area (Å²) < 4.78 is 1.14. The van der Waals surface area contributed by atoms with E-state index in [-0.39, 0.29) is 5.91 Å². The van der Waals surface area contributed by atoms with E-state index in [1.807, 2.05) is 6.07 Å². The molecule has 0 fully saturated rings. The molecule has 4 heteroatoms. The Morgan fingerprint density at radius 3 is 3.15 bits per heavy atom. The summed E-state index contributed by atoms with van der Waals surface area (Å²) in [6.45, 7) is 2.14. The molecule has 0 bridgehead atoms. The number of thiazole rings is 1. The van der Waals surface area contributed by atoms with Gasteiger partial charge in [0.15, 0.2) is 5.13 Å². The topological polar surface area (TPSA) is 42.0 Å². The van der Waals surface area contributed by atoms with Crippen LogP contribution in [0.4, 0.5) is 5.13 Å². The first-order chi connectivity index (χ1) is 9.74. The molecule has 0 spiro atoms. The number of amides is 1. The van der Waals surface area contributed by atoms with Gasteiger partial charge in [0.2, 0.25) is 5.91 Å². The Morgan fingerprint density at radius 2 is 2.40 bits per heavy atom. The molecule has 3 rings (SSSR count). The summed E-state index contributed by atoms with van der Waals surface area (Å²) in [5, 5.41) is 3.64. The third-order valence-corrected chi connectivity index (χ3v) is 4.60. The van der Waals surface area contributed by atoms with Crippen molar-refractivity contribution in [2.75, 3.05) is 5.32 Å². The molecular formula is C16H18N2OS. The van der Waals surface area contributed by atoms with Crippen LogP contribution in [0.25, 0.3) is 10.2 Å². The lowest BCUT2D eigenvalue weighted by Crippen LogP contribution is -2.14. The molecule has 1 aromatic heterocycles. The Morgan fingerprint density at radius 1 is 1.50 bits per heavy atom. The third-order valence-electron chi connectivity index (χ3n) is 3.67. The van der Waals surface area contributed by atoms with Crippen LogP contribution in [-0.4, -0.2) is 10.9 Å². The van der Waals surface area contributed by atoms with Gasteiger partial charge in [0.1, 0.15) is 0 Å². The predicted molar refractivity (Wildman–Crippen MR) is 84.1 cm³/mol. The largest absolute Gasteiger partial charge is 0.302 e. The van der Waals surface area contributed by atoms with Crippen LogP contribution in [0.5, 0.6) is 0 Å². The third kappa shape index (κ3) is 2.90. The van der Waals surface area contributed by atoms with Gasteiger partial charge in [0, 0.05) is 6.42 Å². The molecule has 1 aliphatic carbocycles. The van der Waals surface area contributed by atoms with Gasteiger partial charge in [-0.1, -0.05) is 36.5 Å². The van der Waals surface area contributed by atoms with Crippen LogP contribution in [0.1, 0.15) is 31.7 Å². The van der Waals surface area contributed by atoms with E-state index in [4.69, 9.17) is 0 Å². The van der Waals surface area contributed by atoms with Gasteiger partial charge in [-0.2, -0.15) is 0 Å². The zero-order valence-electron chi connectivity index (χ0n) is 11.6. The Hall–Kier alpha value is -1.68. The lowest BCUT2D eigenvalue weighted by Gasteiger charge is -2.06. The van der Waals surface area contributed by atoms with Crippen molar-refractivity contribution in [2.24, 2.45) is 5.92 Å². The average molecular weight is 286 g/mol. The van der Waals surface area contributed by atoms with Crippen molar-refractivity contribution in [3.8, 4) is 0 Å². The molecule has 0 saturated heterocycles. The van der Waals surface area contributed by atoms with E-state index in [0.29, 0.717) is 17.5 Å². The number of hydrogen-bond acceptors (Lipinski definition) is 3. The van der Waals surface area contributed by atoms with Crippen LogP contribution in [0.2, 0.25) is 0 Å². The lowest BCUT2D eigenvalue weighted by molar-refractivity contribution is -0.116. The molecular weight excluding hydrogens is 268 g/mol. The number of aryl methyl sites for hydroxylation is 1. The smallest absolute Gasteiger partial charge is 0.226 e. The first-order valence-corrected chi connectivity index (χ1v) is 7.92. The van der Waals surface area contributed by atoms with Crippen LogP contribution in [0, 0.1) is 5.92 Å². The van der Waals surface area contributed by atoms with Crippen molar-refractivity contribution in [3.63, 3.8) is 0 Å². The molecule has 1 heterocycles. The molecule has 0 saturated carbocycles. The molecule has 1 atom stereocenters. The minimum atomic E-state index is 0.0660. The lowest BCUT2D eigenvalue weighted by atomic mass is 10.1. The number of nitrogens with one attached hydrogen (secondary N) is 1. The van der Waals surface area contributed by atoms with E-state index < -0.39 is 0 Å². The zero-order valence-corrected chi connectivity index (χ0v) is 12.4. The SMILES string of the molecule is CCc1ccc2nc(NC(=O)CC3C=CCC3)sc2c1. The molecule has 0 radical (unpaired) electrons. The van der Waals surface area contributed by atoms with E-state index in [0.717, 1.165) is 29.5 Å². The van der Waals surface area contributed by atoms with Crippen molar-refractivity contribution in [1.82, 2.24) is 4.98 Å². The number of nitrogens with zero attached hydrogens (tertiary/aromatic N) is 1. The highest BCUT2D eigenvalue weighted by molar-refractivity contribution is 7.22. The van der Waals surface area contributed by atoms with Crippen LogP contribution < -0.4 is 5.32 Å². The molecule has 2 aromatic rings. The van der Waals surface area contributed by atoms with E-state index in [1.54, 1.807) is 11.3 Å². The Balaban J connectivity index is 1.70. The minimum Gasteiger partial charge on any atom is -0.302 e. The summed E-state index contributed by atoms with van der Waals surface area (Å²) in [6.07, 6.45) is 8.07. The molecule has 104 valence electrons. The minimum absolute atomic E-state index is 0.0660. The molecule has 1 aliphatic rings. The molecule has 0 aliphatic heterocycles. The summed E-state index contributed by atoms with van der Waals surface area (Å²) in [4.78, 5) is 16.5. The van der Waals surface area contributed by atoms with Crippen LogP contribution >= 0.6 is 11.3 Å². The van der Waals surface area contributed by atoms with Crippen LogP contribution in [0.3, 0.4) is 0 Å². The predicted octanol–water partition coefficient (Wildman–Crippen LogP) is 4.15. The number of aromatic nitrogens is 1. The van der Waals surface area contributed by atoms with Crippen LogP contribution in [0.15, 0.2) is 30.4 Å². The second-order valence-electron chi connectivity index (χ2n) is 5.19. The van der Waals surface area contributed by atoms with Crippen molar-refractivity contribution in [3.05, 3.63) is 35.9 Å². The summed E-state index contributed by atoms with van der Waals surface area (Å²) in [5.41, 5.74) is 2.26. The number of allylic oxidation sites excluding steroid dienone is 2. The van der Waals surface area contributed by atoms with Crippen molar-refractivity contribution >= 4 is 32.6 Å². The number of anilines is 1. The highest BCUT2D eigenvalue weighted by Crippen LogP contribution is 2.28. The Kier molecular flexibility index (Phi) is 3.83. The van der Waals surface area contributed by atoms with Crippen molar-refractivity contribution < 1.29 is 4.79 Å². The molecule has 1 unspecified atom stereocenters. The number of fused-ring (bicyclic) bond motifs is 1. The number of hydrogen-bond donors (Lipinski definition) is 1. The van der Waals surface area contributed by atoms with Crippen molar-refractivity contribution in [2.45, 2.75) is 32.6 Å². The maximum Gasteiger partial charge on any atom is 0.226 e. The Labute approximate surface area is 122 Å². The van der Waals surface area contributed by atoms with Gasteiger partial charge in [0.25, 0.3) is 0 Å². The number of carbonyl (C=O) groups is 1. The average Bonchev–Trinajstić information content (AvgIpc) is 3.06. The maximum atomic E-state index is 12.0. The summed E-state index contributed by atoms with van der Waals surface area (Å²) in [5.74, 6) is 0.465.